The van der Waals surface area contributed by atoms with Gasteiger partial charge in [0.15, 0.2) is 0 Å². The van der Waals surface area contributed by atoms with Crippen molar-refractivity contribution in [1.82, 2.24) is 4.98 Å². The molecule has 1 aliphatic heterocycles. The van der Waals surface area contributed by atoms with Gasteiger partial charge in [0.2, 0.25) is 5.88 Å². The van der Waals surface area contributed by atoms with Gasteiger partial charge in [-0.1, -0.05) is 49.7 Å². The van der Waals surface area contributed by atoms with E-state index in [0.29, 0.717) is 30.0 Å². The third-order valence-corrected chi connectivity index (χ3v) is 6.55. The predicted octanol–water partition coefficient (Wildman–Crippen LogP) is 5.93. The molecular formula is C30H35NO5. The molecule has 2 heterocycles. The van der Waals surface area contributed by atoms with Crippen LogP contribution >= 0.6 is 0 Å². The Morgan fingerprint density at radius 1 is 1.03 bits per heavy atom. The quantitative estimate of drug-likeness (QED) is 0.356. The molecule has 0 spiro atoms. The van der Waals surface area contributed by atoms with Gasteiger partial charge in [0.05, 0.1) is 24.5 Å². The Morgan fingerprint density at radius 3 is 2.39 bits per heavy atom. The van der Waals surface area contributed by atoms with Gasteiger partial charge in [-0.05, 0) is 67.3 Å². The number of aromatic hydroxyl groups is 1. The van der Waals surface area contributed by atoms with Gasteiger partial charge in [-0.2, -0.15) is 0 Å². The summed E-state index contributed by atoms with van der Waals surface area (Å²) in [7, 11) is 1.36. The second-order valence-corrected chi connectivity index (χ2v) is 9.24. The molecule has 1 saturated heterocycles. The van der Waals surface area contributed by atoms with Crippen LogP contribution in [-0.2, 0) is 28.7 Å². The Hall–Kier alpha value is -3.38. The molecule has 6 heteroatoms. The smallest absolute Gasteiger partial charge is 0.337 e. The lowest BCUT2D eigenvalue weighted by molar-refractivity contribution is -0.0120. The molecule has 1 fully saturated rings. The van der Waals surface area contributed by atoms with Crippen LogP contribution in [0.25, 0.3) is 11.1 Å². The van der Waals surface area contributed by atoms with Gasteiger partial charge in [0.1, 0.15) is 12.4 Å². The zero-order chi connectivity index (χ0) is 25.3. The molecule has 2 aromatic carbocycles. The highest BCUT2D eigenvalue weighted by Gasteiger charge is 2.19. The number of nitrogens with zero attached hydrogens (tertiary/aromatic N) is 1. The molecule has 6 nitrogen and oxygen atoms in total. The number of esters is 1. The van der Waals surface area contributed by atoms with E-state index in [0.717, 1.165) is 56.4 Å². The van der Waals surface area contributed by atoms with Crippen molar-refractivity contribution in [1.29, 1.82) is 0 Å². The van der Waals surface area contributed by atoms with Crippen molar-refractivity contribution in [2.45, 2.75) is 58.0 Å². The number of hydrogen-bond donors (Lipinski definition) is 1. The highest BCUT2D eigenvalue weighted by Crippen LogP contribution is 2.35. The minimum Gasteiger partial charge on any atom is -0.507 e. The summed E-state index contributed by atoms with van der Waals surface area (Å²) in [5, 5.41) is 11.0. The summed E-state index contributed by atoms with van der Waals surface area (Å²) >= 11 is 0. The molecule has 1 aromatic heterocycles. The summed E-state index contributed by atoms with van der Waals surface area (Å²) in [6.45, 7) is 3.36. The zero-order valence-corrected chi connectivity index (χ0v) is 21.2. The van der Waals surface area contributed by atoms with Crippen LogP contribution in [0.4, 0.5) is 0 Å². The molecule has 0 amide bonds. The topological polar surface area (TPSA) is 77.9 Å². The Morgan fingerprint density at radius 2 is 1.75 bits per heavy atom. The maximum absolute atomic E-state index is 11.9. The number of methoxy groups -OCH3 is 1. The lowest BCUT2D eigenvalue weighted by Crippen LogP contribution is -2.26. The third-order valence-electron chi connectivity index (χ3n) is 6.55. The molecule has 0 aliphatic carbocycles. The maximum Gasteiger partial charge on any atom is 0.337 e. The van der Waals surface area contributed by atoms with Crippen LogP contribution in [0.2, 0.25) is 0 Å². The van der Waals surface area contributed by atoms with Crippen molar-refractivity contribution >= 4 is 5.97 Å². The fraction of sp³-hybridized carbons (Fsp3) is 0.400. The van der Waals surface area contributed by atoms with Crippen LogP contribution in [-0.4, -0.2) is 42.5 Å². The number of aromatic nitrogens is 1. The average molecular weight is 490 g/mol. The first-order valence-electron chi connectivity index (χ1n) is 12.8. The minimum absolute atomic E-state index is 0.0540. The molecule has 1 atom stereocenters. The first kappa shape index (κ1) is 25.7. The second kappa shape index (κ2) is 12.5. The van der Waals surface area contributed by atoms with Gasteiger partial charge in [-0.15, -0.1) is 0 Å². The van der Waals surface area contributed by atoms with Crippen LogP contribution in [0, 0.1) is 0 Å². The second-order valence-electron chi connectivity index (χ2n) is 9.24. The largest absolute Gasteiger partial charge is 0.507 e. The Kier molecular flexibility index (Phi) is 8.95. The number of carbonyl (C=O) groups is 1. The molecule has 3 aromatic rings. The summed E-state index contributed by atoms with van der Waals surface area (Å²) in [5.74, 6) is 0.0953. The van der Waals surface area contributed by atoms with Gasteiger partial charge in [0.25, 0.3) is 0 Å². The van der Waals surface area contributed by atoms with E-state index < -0.39 is 5.97 Å². The molecule has 0 saturated carbocycles. The molecule has 0 bridgehead atoms. The van der Waals surface area contributed by atoms with Crippen molar-refractivity contribution in [2.75, 3.05) is 20.3 Å². The number of pyridine rings is 1. The van der Waals surface area contributed by atoms with Crippen LogP contribution < -0.4 is 4.74 Å². The van der Waals surface area contributed by atoms with E-state index >= 15 is 0 Å². The Balaban J connectivity index is 1.58. The SMILES string of the molecule is CCCc1ccc(CCc2nc(OCC3CCCCO3)cc(O)c2-c2ccc(C(=O)OC)cc2)cc1. The molecule has 1 N–H and O–H groups in total. The molecular weight excluding hydrogens is 454 g/mol. The number of ether oxygens (including phenoxy) is 3. The summed E-state index contributed by atoms with van der Waals surface area (Å²) in [5.41, 5.74) is 5.18. The molecule has 0 radical (unpaired) electrons. The first-order valence-corrected chi connectivity index (χ1v) is 12.8. The standard InChI is InChI=1S/C30H35NO5/c1-3-6-21-8-10-22(11-9-21)12-17-26-29(23-13-15-24(16-14-23)30(33)34-2)27(32)19-28(31-26)36-20-25-7-4-5-18-35-25/h8-11,13-16,19,25H,3-7,12,17-18,20H2,1-2H3,(H,31,32). The summed E-state index contributed by atoms with van der Waals surface area (Å²) in [6, 6.07) is 17.3. The van der Waals surface area contributed by atoms with Crippen LogP contribution in [0.15, 0.2) is 54.6 Å². The number of aryl methyl sites for hydroxylation is 3. The van der Waals surface area contributed by atoms with E-state index in [9.17, 15) is 9.90 Å². The van der Waals surface area contributed by atoms with Crippen molar-refractivity contribution in [2.24, 2.45) is 0 Å². The summed E-state index contributed by atoms with van der Waals surface area (Å²) < 4.78 is 16.5. The van der Waals surface area contributed by atoms with Gasteiger partial charge in [0, 0.05) is 18.2 Å². The van der Waals surface area contributed by atoms with Gasteiger partial charge >= 0.3 is 5.97 Å². The van der Waals surface area contributed by atoms with E-state index in [-0.39, 0.29) is 11.9 Å². The van der Waals surface area contributed by atoms with Gasteiger partial charge in [-0.25, -0.2) is 9.78 Å². The van der Waals surface area contributed by atoms with Crippen molar-refractivity contribution in [3.63, 3.8) is 0 Å². The fourth-order valence-electron chi connectivity index (χ4n) is 4.56. The van der Waals surface area contributed by atoms with E-state index in [1.165, 1.54) is 18.2 Å². The molecule has 1 unspecified atom stereocenters. The van der Waals surface area contributed by atoms with Crippen LogP contribution in [0.3, 0.4) is 0 Å². The third kappa shape index (κ3) is 6.64. The lowest BCUT2D eigenvalue weighted by Gasteiger charge is -2.22. The molecule has 4 rings (SSSR count). The fourth-order valence-corrected chi connectivity index (χ4v) is 4.56. The zero-order valence-electron chi connectivity index (χ0n) is 21.2. The highest BCUT2D eigenvalue weighted by atomic mass is 16.5. The first-order chi connectivity index (χ1) is 17.6. The summed E-state index contributed by atoms with van der Waals surface area (Å²) in [4.78, 5) is 16.7. The number of rotatable bonds is 10. The normalized spacial score (nSPS) is 15.4. The highest BCUT2D eigenvalue weighted by molar-refractivity contribution is 5.90. The molecule has 1 aliphatic rings. The minimum atomic E-state index is -0.399. The Bertz CT molecular complexity index is 1140. The monoisotopic (exact) mass is 489 g/mol. The van der Waals surface area contributed by atoms with E-state index in [1.807, 2.05) is 12.1 Å². The number of hydrogen-bond acceptors (Lipinski definition) is 6. The predicted molar refractivity (Wildman–Crippen MR) is 140 cm³/mol. The number of carbonyl (C=O) groups excluding carboxylic acids is 1. The van der Waals surface area contributed by atoms with Crippen LogP contribution in [0.1, 0.15) is 59.8 Å². The van der Waals surface area contributed by atoms with Crippen molar-refractivity contribution < 1.29 is 24.1 Å². The van der Waals surface area contributed by atoms with E-state index in [4.69, 9.17) is 19.2 Å². The van der Waals surface area contributed by atoms with E-state index in [2.05, 4.69) is 31.2 Å². The molecule has 190 valence electrons. The van der Waals surface area contributed by atoms with E-state index in [1.54, 1.807) is 18.2 Å². The number of benzene rings is 2. The summed E-state index contributed by atoms with van der Waals surface area (Å²) in [6.07, 6.45) is 6.85. The maximum atomic E-state index is 11.9. The van der Waals surface area contributed by atoms with Crippen LogP contribution in [0.5, 0.6) is 11.6 Å². The Labute approximate surface area is 213 Å². The average Bonchev–Trinajstić information content (AvgIpc) is 2.92. The lowest BCUT2D eigenvalue weighted by atomic mass is 9.97. The van der Waals surface area contributed by atoms with Gasteiger partial charge < -0.3 is 19.3 Å². The van der Waals surface area contributed by atoms with Crippen molar-refractivity contribution in [3.8, 4) is 22.8 Å². The van der Waals surface area contributed by atoms with Gasteiger partial charge in [-0.3, -0.25) is 0 Å². The van der Waals surface area contributed by atoms with Crippen molar-refractivity contribution in [3.05, 3.63) is 77.0 Å². The molecule has 36 heavy (non-hydrogen) atoms.